The highest BCUT2D eigenvalue weighted by atomic mass is 32.2. The zero-order valence-electron chi connectivity index (χ0n) is 13.0. The Balaban J connectivity index is 2.01. The van der Waals surface area contributed by atoms with E-state index >= 15 is 0 Å². The lowest BCUT2D eigenvalue weighted by Gasteiger charge is -2.35. The van der Waals surface area contributed by atoms with Crippen molar-refractivity contribution in [3.05, 3.63) is 28.8 Å². The summed E-state index contributed by atoms with van der Waals surface area (Å²) < 4.78 is 32.4. The average Bonchev–Trinajstić information content (AvgIpc) is 2.49. The molecule has 1 fully saturated rings. The van der Waals surface area contributed by atoms with Crippen LogP contribution in [0.3, 0.4) is 0 Å². The smallest absolute Gasteiger partial charge is 0.348 e. The zero-order chi connectivity index (χ0) is 16.6. The number of hydrogen-bond acceptors (Lipinski definition) is 6. The highest BCUT2D eigenvalue weighted by molar-refractivity contribution is 7.90. The summed E-state index contributed by atoms with van der Waals surface area (Å²) in [5.41, 5.74) is -0.580. The number of nitrogens with one attached hydrogen (secondary N) is 1. The standard InChI is InChI=1S/C13H19N5O4S/c1-10-9-22-7-6-17(10)11-8-12(15-13(19)14-11)18-5-3-4-16(2)23(18,20)21/h3-4,8,10H,5-7,9H2,1-2H3,(H,14,15,19)/t10-/m1/s1. The van der Waals surface area contributed by atoms with Crippen molar-refractivity contribution in [3.8, 4) is 0 Å². The van der Waals surface area contributed by atoms with Crippen molar-refractivity contribution in [1.29, 1.82) is 0 Å². The van der Waals surface area contributed by atoms with Crippen LogP contribution in [-0.2, 0) is 14.9 Å². The lowest BCUT2D eigenvalue weighted by Crippen LogP contribution is -2.46. The summed E-state index contributed by atoms with van der Waals surface area (Å²) >= 11 is 0. The van der Waals surface area contributed by atoms with Crippen LogP contribution < -0.4 is 14.9 Å². The van der Waals surface area contributed by atoms with E-state index in [1.807, 2.05) is 11.8 Å². The minimum atomic E-state index is -3.69. The molecule has 2 aliphatic heterocycles. The van der Waals surface area contributed by atoms with Gasteiger partial charge in [-0.1, -0.05) is 0 Å². The average molecular weight is 341 g/mol. The lowest BCUT2D eigenvalue weighted by atomic mass is 10.2. The van der Waals surface area contributed by atoms with Gasteiger partial charge in [0.15, 0.2) is 0 Å². The van der Waals surface area contributed by atoms with Crippen LogP contribution in [0.1, 0.15) is 6.92 Å². The zero-order valence-corrected chi connectivity index (χ0v) is 13.8. The molecule has 23 heavy (non-hydrogen) atoms. The molecule has 1 aromatic rings. The Morgan fingerprint density at radius 3 is 2.96 bits per heavy atom. The van der Waals surface area contributed by atoms with Gasteiger partial charge in [0.05, 0.1) is 25.8 Å². The highest BCUT2D eigenvalue weighted by Gasteiger charge is 2.30. The largest absolute Gasteiger partial charge is 0.377 e. The molecular formula is C13H19N5O4S. The molecule has 9 nitrogen and oxygen atoms in total. The van der Waals surface area contributed by atoms with Gasteiger partial charge in [0.2, 0.25) is 0 Å². The fraction of sp³-hybridized carbons (Fsp3) is 0.538. The summed E-state index contributed by atoms with van der Waals surface area (Å²) in [6.45, 7) is 3.81. The normalized spacial score (nSPS) is 24.1. The van der Waals surface area contributed by atoms with E-state index in [-0.39, 0.29) is 18.4 Å². The number of nitrogens with zero attached hydrogens (tertiary/aromatic N) is 4. The van der Waals surface area contributed by atoms with Crippen LogP contribution >= 0.6 is 0 Å². The number of aromatic amines is 1. The topological polar surface area (TPSA) is 98.8 Å². The first-order valence-electron chi connectivity index (χ1n) is 7.27. The van der Waals surface area contributed by atoms with Crippen molar-refractivity contribution in [2.45, 2.75) is 13.0 Å². The fourth-order valence-electron chi connectivity index (χ4n) is 2.62. The van der Waals surface area contributed by atoms with Crippen LogP contribution in [-0.4, -0.2) is 62.1 Å². The van der Waals surface area contributed by atoms with Gasteiger partial charge in [-0.2, -0.15) is 13.4 Å². The maximum absolute atomic E-state index is 12.4. The van der Waals surface area contributed by atoms with E-state index in [1.54, 1.807) is 12.1 Å². The molecule has 2 aliphatic rings. The second-order valence-electron chi connectivity index (χ2n) is 5.49. The van der Waals surface area contributed by atoms with Gasteiger partial charge >= 0.3 is 15.9 Å². The van der Waals surface area contributed by atoms with Gasteiger partial charge < -0.3 is 9.64 Å². The van der Waals surface area contributed by atoms with Crippen LogP contribution in [0.15, 0.2) is 23.1 Å². The lowest BCUT2D eigenvalue weighted by molar-refractivity contribution is 0.0985. The maximum Gasteiger partial charge on any atom is 0.348 e. The van der Waals surface area contributed by atoms with Crippen molar-refractivity contribution in [3.63, 3.8) is 0 Å². The van der Waals surface area contributed by atoms with Gasteiger partial charge in [-0.3, -0.25) is 9.29 Å². The second kappa shape index (κ2) is 5.85. The SMILES string of the molecule is C[C@@H]1COCCN1c1cc(N2CC=CN(C)S2(=O)=O)[nH]c(=O)n1. The third kappa shape index (κ3) is 2.91. The fourth-order valence-corrected chi connectivity index (χ4v) is 3.79. The minimum Gasteiger partial charge on any atom is -0.377 e. The van der Waals surface area contributed by atoms with Crippen molar-refractivity contribution in [2.75, 3.05) is 42.6 Å². The van der Waals surface area contributed by atoms with Gasteiger partial charge in [-0.15, -0.1) is 0 Å². The molecular weight excluding hydrogens is 322 g/mol. The van der Waals surface area contributed by atoms with Crippen molar-refractivity contribution in [1.82, 2.24) is 14.3 Å². The monoisotopic (exact) mass is 341 g/mol. The summed E-state index contributed by atoms with van der Waals surface area (Å²) in [5.74, 6) is 0.654. The number of H-pyrrole nitrogens is 1. The Morgan fingerprint density at radius 1 is 1.43 bits per heavy atom. The molecule has 1 N–H and O–H groups in total. The molecule has 1 saturated heterocycles. The summed E-state index contributed by atoms with van der Waals surface area (Å²) in [4.78, 5) is 20.3. The molecule has 1 atom stereocenters. The van der Waals surface area contributed by atoms with E-state index in [0.29, 0.717) is 25.6 Å². The molecule has 0 aliphatic carbocycles. The van der Waals surface area contributed by atoms with Gasteiger partial charge in [-0.05, 0) is 13.0 Å². The summed E-state index contributed by atoms with van der Waals surface area (Å²) in [6, 6.07) is 1.65. The molecule has 3 rings (SSSR count). The van der Waals surface area contributed by atoms with Gasteiger partial charge in [0.25, 0.3) is 0 Å². The molecule has 1 aromatic heterocycles. The Labute approximate surface area is 134 Å². The van der Waals surface area contributed by atoms with E-state index in [4.69, 9.17) is 4.74 Å². The van der Waals surface area contributed by atoms with Crippen molar-refractivity contribution < 1.29 is 13.2 Å². The van der Waals surface area contributed by atoms with Crippen LogP contribution in [0.5, 0.6) is 0 Å². The second-order valence-corrected chi connectivity index (χ2v) is 7.40. The summed E-state index contributed by atoms with van der Waals surface area (Å²) in [5, 5.41) is 0. The number of rotatable bonds is 2. The Bertz CT molecular complexity index is 775. The number of hydrogen-bond donors (Lipinski definition) is 1. The number of aromatic nitrogens is 2. The molecule has 0 radical (unpaired) electrons. The van der Waals surface area contributed by atoms with Crippen LogP contribution in [0.4, 0.5) is 11.6 Å². The molecule has 10 heteroatoms. The Kier molecular flexibility index (Phi) is 4.02. The predicted molar refractivity (Wildman–Crippen MR) is 85.7 cm³/mol. The van der Waals surface area contributed by atoms with E-state index in [2.05, 4.69) is 9.97 Å². The molecule has 0 bridgehead atoms. The van der Waals surface area contributed by atoms with E-state index in [0.717, 1.165) is 8.61 Å². The van der Waals surface area contributed by atoms with Gasteiger partial charge in [0, 0.05) is 25.9 Å². The highest BCUT2D eigenvalue weighted by Crippen LogP contribution is 2.24. The Hall–Kier alpha value is -2.07. The van der Waals surface area contributed by atoms with E-state index < -0.39 is 15.9 Å². The molecule has 0 aromatic carbocycles. The predicted octanol–water partition coefficient (Wildman–Crippen LogP) is -0.495. The molecule has 0 saturated carbocycles. The van der Waals surface area contributed by atoms with Crippen LogP contribution in [0, 0.1) is 0 Å². The van der Waals surface area contributed by atoms with Gasteiger partial charge in [-0.25, -0.2) is 9.10 Å². The molecule has 3 heterocycles. The van der Waals surface area contributed by atoms with E-state index in [9.17, 15) is 13.2 Å². The maximum atomic E-state index is 12.4. The van der Waals surface area contributed by atoms with E-state index in [1.165, 1.54) is 13.2 Å². The third-order valence-corrected chi connectivity index (χ3v) is 5.63. The quantitative estimate of drug-likeness (QED) is 0.779. The van der Waals surface area contributed by atoms with Gasteiger partial charge in [0.1, 0.15) is 11.6 Å². The first-order valence-corrected chi connectivity index (χ1v) is 8.67. The molecule has 0 amide bonds. The first-order chi connectivity index (χ1) is 10.9. The number of morpholine rings is 1. The summed E-state index contributed by atoms with van der Waals surface area (Å²) in [7, 11) is -2.25. The number of anilines is 2. The van der Waals surface area contributed by atoms with Crippen LogP contribution in [0.25, 0.3) is 0 Å². The molecule has 0 unspecified atom stereocenters. The molecule has 126 valence electrons. The third-order valence-electron chi connectivity index (χ3n) is 3.88. The number of ether oxygens (including phenoxy) is 1. The first kappa shape index (κ1) is 15.8. The molecule has 0 spiro atoms. The van der Waals surface area contributed by atoms with Crippen molar-refractivity contribution >= 4 is 21.8 Å². The minimum absolute atomic E-state index is 0.0615. The Morgan fingerprint density at radius 2 is 2.22 bits per heavy atom. The van der Waals surface area contributed by atoms with Crippen molar-refractivity contribution in [2.24, 2.45) is 0 Å². The summed E-state index contributed by atoms with van der Waals surface area (Å²) in [6.07, 6.45) is 3.19. The van der Waals surface area contributed by atoms with Crippen LogP contribution in [0.2, 0.25) is 0 Å².